The molecule has 0 aliphatic rings. The number of thioether (sulfide) groups is 1. The Morgan fingerprint density at radius 3 is 2.67 bits per heavy atom. The summed E-state index contributed by atoms with van der Waals surface area (Å²) in [6.45, 7) is 3.69. The maximum absolute atomic E-state index is 12.3. The second-order valence-electron chi connectivity index (χ2n) is 6.47. The minimum absolute atomic E-state index is 0.0695. The summed E-state index contributed by atoms with van der Waals surface area (Å²) in [4.78, 5) is 16.2. The molecule has 0 spiro atoms. The average Bonchev–Trinajstić information content (AvgIpc) is 3.33. The van der Waals surface area contributed by atoms with Crippen molar-refractivity contribution in [1.82, 2.24) is 24.9 Å². The molecule has 0 bridgehead atoms. The number of hydrogen-bond donors (Lipinski definition) is 1. The molecule has 152 valence electrons. The van der Waals surface area contributed by atoms with E-state index in [1.165, 1.54) is 11.8 Å². The highest BCUT2D eigenvalue weighted by Crippen LogP contribution is 2.29. The van der Waals surface area contributed by atoms with Gasteiger partial charge in [0.2, 0.25) is 5.91 Å². The number of halogens is 1. The van der Waals surface area contributed by atoms with E-state index in [-0.39, 0.29) is 17.7 Å². The van der Waals surface area contributed by atoms with Gasteiger partial charge in [-0.25, -0.2) is 0 Å². The van der Waals surface area contributed by atoms with E-state index in [0.717, 1.165) is 16.8 Å². The van der Waals surface area contributed by atoms with Crippen molar-refractivity contribution >= 4 is 35.3 Å². The van der Waals surface area contributed by atoms with Crippen LogP contribution in [-0.2, 0) is 4.79 Å². The SMILES string of the molecule is Cc1cccc(-n2c(SCC(=O)Nc3nc(C)no3)nnc2-c2ccc(Cl)cc2)c1. The zero-order valence-corrected chi connectivity index (χ0v) is 17.7. The maximum Gasteiger partial charge on any atom is 0.328 e. The molecule has 0 saturated heterocycles. The van der Waals surface area contributed by atoms with E-state index in [4.69, 9.17) is 16.1 Å². The zero-order valence-electron chi connectivity index (χ0n) is 16.2. The van der Waals surface area contributed by atoms with Crippen molar-refractivity contribution in [2.75, 3.05) is 11.1 Å². The van der Waals surface area contributed by atoms with Gasteiger partial charge in [0.1, 0.15) is 0 Å². The molecule has 10 heteroatoms. The molecule has 0 fully saturated rings. The van der Waals surface area contributed by atoms with Crippen LogP contribution in [0.15, 0.2) is 58.2 Å². The number of carbonyl (C=O) groups excluding carboxylic acids is 1. The van der Waals surface area contributed by atoms with Crippen LogP contribution in [0.4, 0.5) is 6.01 Å². The lowest BCUT2D eigenvalue weighted by molar-refractivity contribution is -0.114. The second-order valence-corrected chi connectivity index (χ2v) is 7.85. The Labute approximate surface area is 181 Å². The molecule has 2 aromatic heterocycles. The number of benzene rings is 2. The predicted molar refractivity (Wildman–Crippen MR) is 115 cm³/mol. The third-order valence-electron chi connectivity index (χ3n) is 4.10. The first-order chi connectivity index (χ1) is 14.5. The second kappa shape index (κ2) is 8.68. The number of aryl methyl sites for hydroxylation is 2. The van der Waals surface area contributed by atoms with E-state index in [2.05, 4.69) is 25.7 Å². The van der Waals surface area contributed by atoms with Gasteiger partial charge >= 0.3 is 6.01 Å². The smallest absolute Gasteiger partial charge is 0.315 e. The van der Waals surface area contributed by atoms with Crippen molar-refractivity contribution < 1.29 is 9.32 Å². The molecular formula is C20H17ClN6O2S. The number of hydrogen-bond acceptors (Lipinski definition) is 7. The molecular weight excluding hydrogens is 424 g/mol. The van der Waals surface area contributed by atoms with Crippen LogP contribution in [0, 0.1) is 13.8 Å². The third-order valence-corrected chi connectivity index (χ3v) is 5.28. The predicted octanol–water partition coefficient (Wildman–Crippen LogP) is 4.32. The van der Waals surface area contributed by atoms with Gasteiger partial charge in [0.05, 0.1) is 5.75 Å². The molecule has 2 heterocycles. The van der Waals surface area contributed by atoms with Gasteiger partial charge in [-0.3, -0.25) is 14.7 Å². The molecule has 0 atom stereocenters. The standard InChI is InChI=1S/C20H17ClN6O2S/c1-12-4-3-5-16(10-12)27-18(14-6-8-15(21)9-7-14)24-25-20(27)30-11-17(28)23-19-22-13(2)26-29-19/h3-10H,11H2,1-2H3,(H,22,23,26,28). The van der Waals surface area contributed by atoms with Crippen molar-refractivity contribution in [2.24, 2.45) is 0 Å². The minimum Gasteiger partial charge on any atom is -0.315 e. The Bertz CT molecular complexity index is 1190. The van der Waals surface area contributed by atoms with E-state index < -0.39 is 0 Å². The van der Waals surface area contributed by atoms with Crippen molar-refractivity contribution in [1.29, 1.82) is 0 Å². The molecule has 4 rings (SSSR count). The largest absolute Gasteiger partial charge is 0.328 e. The zero-order chi connectivity index (χ0) is 21.1. The van der Waals surface area contributed by atoms with Gasteiger partial charge in [-0.2, -0.15) is 4.98 Å². The summed E-state index contributed by atoms with van der Waals surface area (Å²) >= 11 is 7.29. The molecule has 1 amide bonds. The molecule has 0 aliphatic carbocycles. The van der Waals surface area contributed by atoms with Crippen LogP contribution < -0.4 is 5.32 Å². The lowest BCUT2D eigenvalue weighted by Gasteiger charge is -2.11. The van der Waals surface area contributed by atoms with Gasteiger partial charge in [0.15, 0.2) is 16.8 Å². The fraction of sp³-hybridized carbons (Fsp3) is 0.150. The minimum atomic E-state index is -0.282. The van der Waals surface area contributed by atoms with E-state index in [1.807, 2.05) is 47.9 Å². The van der Waals surface area contributed by atoms with Crippen LogP contribution in [0.2, 0.25) is 5.02 Å². The Kier molecular flexibility index (Phi) is 5.82. The van der Waals surface area contributed by atoms with Gasteiger partial charge in [-0.1, -0.05) is 40.7 Å². The maximum atomic E-state index is 12.3. The summed E-state index contributed by atoms with van der Waals surface area (Å²) in [6, 6.07) is 15.4. The van der Waals surface area contributed by atoms with Gasteiger partial charge in [-0.15, -0.1) is 10.2 Å². The summed E-state index contributed by atoms with van der Waals surface area (Å²) in [5.74, 6) is 0.930. The van der Waals surface area contributed by atoms with E-state index in [1.54, 1.807) is 19.1 Å². The van der Waals surface area contributed by atoms with Crippen LogP contribution in [0.1, 0.15) is 11.4 Å². The van der Waals surface area contributed by atoms with E-state index >= 15 is 0 Å². The number of rotatable bonds is 6. The normalized spacial score (nSPS) is 10.9. The Hall–Kier alpha value is -3.17. The highest BCUT2D eigenvalue weighted by molar-refractivity contribution is 7.99. The highest BCUT2D eigenvalue weighted by atomic mass is 35.5. The van der Waals surface area contributed by atoms with Gasteiger partial charge < -0.3 is 4.52 Å². The van der Waals surface area contributed by atoms with Gasteiger partial charge in [-0.05, 0) is 55.8 Å². The Morgan fingerprint density at radius 1 is 1.17 bits per heavy atom. The summed E-state index contributed by atoms with van der Waals surface area (Å²) in [7, 11) is 0. The third kappa shape index (κ3) is 4.52. The number of nitrogens with zero attached hydrogens (tertiary/aromatic N) is 5. The molecule has 8 nitrogen and oxygen atoms in total. The Morgan fingerprint density at radius 2 is 1.97 bits per heavy atom. The first-order valence-electron chi connectivity index (χ1n) is 9.01. The summed E-state index contributed by atoms with van der Waals surface area (Å²) in [5.41, 5.74) is 2.87. The molecule has 0 radical (unpaired) electrons. The van der Waals surface area contributed by atoms with Gasteiger partial charge in [0, 0.05) is 16.3 Å². The Balaban J connectivity index is 1.62. The highest BCUT2D eigenvalue weighted by Gasteiger charge is 2.18. The van der Waals surface area contributed by atoms with Crippen LogP contribution >= 0.6 is 23.4 Å². The van der Waals surface area contributed by atoms with Crippen molar-refractivity contribution in [3.63, 3.8) is 0 Å². The van der Waals surface area contributed by atoms with Crippen LogP contribution in [0.25, 0.3) is 17.1 Å². The van der Waals surface area contributed by atoms with Crippen LogP contribution in [-0.4, -0.2) is 36.6 Å². The fourth-order valence-electron chi connectivity index (χ4n) is 2.78. The average molecular weight is 441 g/mol. The lowest BCUT2D eigenvalue weighted by atomic mass is 10.2. The van der Waals surface area contributed by atoms with Crippen LogP contribution in [0.3, 0.4) is 0 Å². The summed E-state index contributed by atoms with van der Waals surface area (Å²) < 4.78 is 6.84. The summed E-state index contributed by atoms with van der Waals surface area (Å²) in [5, 5.41) is 16.1. The van der Waals surface area contributed by atoms with Crippen LogP contribution in [0.5, 0.6) is 0 Å². The number of amides is 1. The van der Waals surface area contributed by atoms with E-state index in [9.17, 15) is 4.79 Å². The molecule has 0 aliphatic heterocycles. The quantitative estimate of drug-likeness (QED) is 0.446. The van der Waals surface area contributed by atoms with E-state index in [0.29, 0.717) is 21.8 Å². The van der Waals surface area contributed by atoms with Crippen molar-refractivity contribution in [2.45, 2.75) is 19.0 Å². The molecule has 30 heavy (non-hydrogen) atoms. The first-order valence-corrected chi connectivity index (χ1v) is 10.4. The molecule has 0 saturated carbocycles. The molecule has 4 aromatic rings. The van der Waals surface area contributed by atoms with Gasteiger partial charge in [0.25, 0.3) is 0 Å². The first kappa shape index (κ1) is 20.1. The number of anilines is 1. The topological polar surface area (TPSA) is 98.7 Å². The monoisotopic (exact) mass is 440 g/mol. The van der Waals surface area contributed by atoms with Crippen molar-refractivity contribution in [3.8, 4) is 17.1 Å². The summed E-state index contributed by atoms with van der Waals surface area (Å²) in [6.07, 6.45) is 0. The van der Waals surface area contributed by atoms with Crippen molar-refractivity contribution in [3.05, 3.63) is 64.9 Å². The molecule has 2 aromatic carbocycles. The molecule has 0 unspecified atom stereocenters. The number of carbonyl (C=O) groups is 1. The lowest BCUT2D eigenvalue weighted by Crippen LogP contribution is -2.14. The molecule has 1 N–H and O–H groups in total. The fourth-order valence-corrected chi connectivity index (χ4v) is 3.66. The number of aromatic nitrogens is 5. The number of nitrogens with one attached hydrogen (secondary N) is 1.